The number of rotatable bonds is 4. The van der Waals surface area contributed by atoms with Crippen LogP contribution >= 0.6 is 0 Å². The van der Waals surface area contributed by atoms with Gasteiger partial charge in [0.25, 0.3) is 5.91 Å². The maximum absolute atomic E-state index is 14.6. The van der Waals surface area contributed by atoms with Crippen LogP contribution in [0.3, 0.4) is 0 Å². The number of aromatic nitrogens is 3. The second-order valence-electron chi connectivity index (χ2n) is 6.21. The maximum atomic E-state index is 14.6. The van der Waals surface area contributed by atoms with Crippen molar-refractivity contribution in [2.75, 3.05) is 19.5 Å². The lowest BCUT2D eigenvalue weighted by molar-refractivity contribution is 0.0596. The highest BCUT2D eigenvalue weighted by Gasteiger charge is 2.28. The van der Waals surface area contributed by atoms with Crippen LogP contribution in [0.1, 0.15) is 20.8 Å². The molecule has 4 rings (SSSR count). The van der Waals surface area contributed by atoms with E-state index in [4.69, 9.17) is 4.74 Å². The fourth-order valence-electron chi connectivity index (χ4n) is 3.05. The van der Waals surface area contributed by atoms with Crippen LogP contribution in [-0.2, 0) is 4.74 Å². The summed E-state index contributed by atoms with van der Waals surface area (Å²) in [4.78, 5) is 35.1. The Bertz CT molecular complexity index is 1320. The van der Waals surface area contributed by atoms with Crippen molar-refractivity contribution < 1.29 is 27.8 Å². The minimum Gasteiger partial charge on any atom is -0.491 e. The summed E-state index contributed by atoms with van der Waals surface area (Å²) in [6.07, 6.45) is 1.54. The molecule has 0 atom stereocenters. The van der Waals surface area contributed by atoms with Crippen LogP contribution < -0.4 is 10.1 Å². The average molecular weight is 412 g/mol. The summed E-state index contributed by atoms with van der Waals surface area (Å²) < 4.78 is 38.5. The van der Waals surface area contributed by atoms with Gasteiger partial charge in [0.15, 0.2) is 17.4 Å². The van der Waals surface area contributed by atoms with E-state index in [2.05, 4.69) is 25.0 Å². The van der Waals surface area contributed by atoms with Crippen molar-refractivity contribution in [3.05, 3.63) is 59.4 Å². The van der Waals surface area contributed by atoms with E-state index in [1.165, 1.54) is 6.20 Å². The molecule has 2 aromatic heterocycles. The van der Waals surface area contributed by atoms with E-state index in [-0.39, 0.29) is 17.2 Å². The molecule has 0 fully saturated rings. The molecule has 0 saturated heterocycles. The number of halogens is 2. The van der Waals surface area contributed by atoms with E-state index >= 15 is 0 Å². The first kappa shape index (κ1) is 19.2. The SMILES string of the molecule is COC(=O)c1c(F)c(OC)c(F)c2nc(NC(=O)c3cc4ccccc4cn3)[nH]c12. The highest BCUT2D eigenvalue weighted by Crippen LogP contribution is 2.33. The molecule has 0 aliphatic rings. The van der Waals surface area contributed by atoms with Gasteiger partial charge in [-0.15, -0.1) is 0 Å². The molecule has 2 aromatic carbocycles. The lowest BCUT2D eigenvalue weighted by Gasteiger charge is -2.08. The number of H-pyrrole nitrogens is 1. The highest BCUT2D eigenvalue weighted by molar-refractivity contribution is 6.07. The average Bonchev–Trinajstić information content (AvgIpc) is 3.17. The lowest BCUT2D eigenvalue weighted by Crippen LogP contribution is -2.14. The van der Waals surface area contributed by atoms with Gasteiger partial charge in [-0.1, -0.05) is 24.3 Å². The molecular weight excluding hydrogens is 398 g/mol. The molecule has 1 amide bonds. The Morgan fingerprint density at radius 2 is 1.83 bits per heavy atom. The van der Waals surface area contributed by atoms with Crippen molar-refractivity contribution >= 4 is 39.6 Å². The zero-order valence-corrected chi connectivity index (χ0v) is 15.7. The Labute approximate surface area is 167 Å². The first-order chi connectivity index (χ1) is 14.4. The third kappa shape index (κ3) is 3.08. The molecule has 2 heterocycles. The number of esters is 1. The molecule has 0 aliphatic carbocycles. The number of aromatic amines is 1. The summed E-state index contributed by atoms with van der Waals surface area (Å²) in [6.45, 7) is 0. The van der Waals surface area contributed by atoms with Crippen LogP contribution in [0.25, 0.3) is 21.8 Å². The second-order valence-corrected chi connectivity index (χ2v) is 6.21. The number of pyridine rings is 1. The zero-order valence-electron chi connectivity index (χ0n) is 15.7. The maximum Gasteiger partial charge on any atom is 0.343 e. The second kappa shape index (κ2) is 7.39. The standard InChI is InChI=1S/C20H14F2N4O4/c1-29-17-13(21)12(19(28)30-2)15-16(14(17)22)25-20(24-15)26-18(27)11-7-9-5-3-4-6-10(9)8-23-11/h3-8H,1-2H3,(H2,24,25,26,27). The number of nitrogens with one attached hydrogen (secondary N) is 2. The molecular formula is C20H14F2N4O4. The van der Waals surface area contributed by atoms with Gasteiger partial charge in [0.2, 0.25) is 5.95 Å². The number of ether oxygens (including phenoxy) is 2. The van der Waals surface area contributed by atoms with Gasteiger partial charge in [0.1, 0.15) is 16.8 Å². The van der Waals surface area contributed by atoms with Crippen molar-refractivity contribution in [3.8, 4) is 5.75 Å². The summed E-state index contributed by atoms with van der Waals surface area (Å²) in [5.74, 6) is -5.06. The zero-order chi connectivity index (χ0) is 21.4. The summed E-state index contributed by atoms with van der Waals surface area (Å²) in [7, 11) is 2.10. The van der Waals surface area contributed by atoms with E-state index < -0.39 is 40.3 Å². The first-order valence-electron chi connectivity index (χ1n) is 8.63. The van der Waals surface area contributed by atoms with Crippen LogP contribution in [0.4, 0.5) is 14.7 Å². The summed E-state index contributed by atoms with van der Waals surface area (Å²) in [5.41, 5.74) is -1.18. The van der Waals surface area contributed by atoms with Gasteiger partial charge in [-0.25, -0.2) is 18.6 Å². The molecule has 0 bridgehead atoms. The normalized spacial score (nSPS) is 10.9. The van der Waals surface area contributed by atoms with Crippen LogP contribution in [-0.4, -0.2) is 41.0 Å². The number of amides is 1. The van der Waals surface area contributed by atoms with E-state index in [0.29, 0.717) is 0 Å². The van der Waals surface area contributed by atoms with Gasteiger partial charge in [0.05, 0.1) is 19.7 Å². The topological polar surface area (TPSA) is 106 Å². The Kier molecular flexibility index (Phi) is 4.74. The Morgan fingerprint density at radius 1 is 1.10 bits per heavy atom. The van der Waals surface area contributed by atoms with Gasteiger partial charge in [-0.2, -0.15) is 0 Å². The monoisotopic (exact) mass is 412 g/mol. The number of nitrogens with zero attached hydrogens (tertiary/aromatic N) is 2. The van der Waals surface area contributed by atoms with E-state index in [1.807, 2.05) is 24.3 Å². The number of fused-ring (bicyclic) bond motifs is 2. The number of carbonyl (C=O) groups excluding carboxylic acids is 2. The van der Waals surface area contributed by atoms with Crippen LogP contribution in [0, 0.1) is 11.6 Å². The molecule has 2 N–H and O–H groups in total. The fourth-order valence-corrected chi connectivity index (χ4v) is 3.05. The smallest absolute Gasteiger partial charge is 0.343 e. The molecule has 0 aliphatic heterocycles. The molecule has 0 spiro atoms. The summed E-state index contributed by atoms with van der Waals surface area (Å²) in [5, 5.41) is 4.08. The van der Waals surface area contributed by atoms with Crippen molar-refractivity contribution in [1.29, 1.82) is 0 Å². The third-order valence-electron chi connectivity index (χ3n) is 4.47. The van der Waals surface area contributed by atoms with Crippen molar-refractivity contribution in [2.45, 2.75) is 0 Å². The van der Waals surface area contributed by atoms with E-state index in [1.54, 1.807) is 6.07 Å². The highest BCUT2D eigenvalue weighted by atomic mass is 19.1. The number of benzene rings is 2. The molecule has 0 unspecified atom stereocenters. The summed E-state index contributed by atoms with van der Waals surface area (Å²) in [6, 6.07) is 8.92. The number of hydrogen-bond donors (Lipinski definition) is 2. The molecule has 4 aromatic rings. The van der Waals surface area contributed by atoms with E-state index in [9.17, 15) is 18.4 Å². The predicted molar refractivity (Wildman–Crippen MR) is 104 cm³/mol. The number of anilines is 1. The van der Waals surface area contributed by atoms with Gasteiger partial charge in [-0.05, 0) is 11.5 Å². The molecule has 0 saturated carbocycles. The van der Waals surface area contributed by atoms with Crippen molar-refractivity contribution in [3.63, 3.8) is 0 Å². The third-order valence-corrected chi connectivity index (χ3v) is 4.47. The van der Waals surface area contributed by atoms with E-state index in [0.717, 1.165) is 25.0 Å². The Hall–Kier alpha value is -4.08. The molecule has 10 heteroatoms. The van der Waals surface area contributed by atoms with Crippen molar-refractivity contribution in [2.24, 2.45) is 0 Å². The molecule has 30 heavy (non-hydrogen) atoms. The van der Waals surface area contributed by atoms with Gasteiger partial charge in [0, 0.05) is 11.6 Å². The van der Waals surface area contributed by atoms with Gasteiger partial charge >= 0.3 is 5.97 Å². The number of hydrogen-bond acceptors (Lipinski definition) is 6. The van der Waals surface area contributed by atoms with Gasteiger partial charge < -0.3 is 14.5 Å². The minimum absolute atomic E-state index is 0.0894. The molecule has 0 radical (unpaired) electrons. The van der Waals surface area contributed by atoms with Crippen LogP contribution in [0.15, 0.2) is 36.5 Å². The predicted octanol–water partition coefficient (Wildman–Crippen LogP) is 3.44. The lowest BCUT2D eigenvalue weighted by atomic mass is 10.1. The van der Waals surface area contributed by atoms with Crippen LogP contribution in [0.5, 0.6) is 5.75 Å². The number of carbonyl (C=O) groups is 2. The minimum atomic E-state index is -1.24. The Balaban J connectivity index is 1.76. The van der Waals surface area contributed by atoms with Gasteiger partial charge in [-0.3, -0.25) is 15.1 Å². The molecule has 152 valence electrons. The van der Waals surface area contributed by atoms with Crippen LogP contribution in [0.2, 0.25) is 0 Å². The summed E-state index contributed by atoms with van der Waals surface area (Å²) >= 11 is 0. The number of methoxy groups -OCH3 is 2. The Morgan fingerprint density at radius 3 is 2.53 bits per heavy atom. The fraction of sp³-hybridized carbons (Fsp3) is 0.100. The largest absolute Gasteiger partial charge is 0.491 e. The number of imidazole rings is 1. The van der Waals surface area contributed by atoms with Crippen molar-refractivity contribution in [1.82, 2.24) is 15.0 Å². The first-order valence-corrected chi connectivity index (χ1v) is 8.63. The quantitative estimate of drug-likeness (QED) is 0.498. The molecule has 8 nitrogen and oxygen atoms in total.